The van der Waals surface area contributed by atoms with Gasteiger partial charge < -0.3 is 15.8 Å². The molecule has 3 N–H and O–H groups in total. The Bertz CT molecular complexity index is 318. The van der Waals surface area contributed by atoms with Gasteiger partial charge in [-0.05, 0) is 30.4 Å². The molecule has 0 saturated carbocycles. The lowest BCUT2D eigenvalue weighted by atomic mass is 10.0. The van der Waals surface area contributed by atoms with Crippen LogP contribution in [0, 0.1) is 6.92 Å². The summed E-state index contributed by atoms with van der Waals surface area (Å²) in [6, 6.07) is 2.15. The van der Waals surface area contributed by atoms with Crippen molar-refractivity contribution in [3.05, 3.63) is 21.9 Å². The fraction of sp³-hybridized carbons (Fsp3) is 0.636. The Balaban J connectivity index is 1.77. The van der Waals surface area contributed by atoms with Gasteiger partial charge in [0.15, 0.2) is 0 Å². The number of hydrogen-bond donors (Lipinski definition) is 2. The summed E-state index contributed by atoms with van der Waals surface area (Å²) < 4.78 is 5.31. The Hall–Kier alpha value is -0.420. The summed E-state index contributed by atoms with van der Waals surface area (Å²) in [7, 11) is 0. The molecule has 0 amide bonds. The first-order valence-corrected chi connectivity index (χ1v) is 6.18. The van der Waals surface area contributed by atoms with Crippen LogP contribution in [0.4, 0.5) is 0 Å². The van der Waals surface area contributed by atoms with Gasteiger partial charge in [0.2, 0.25) is 0 Å². The van der Waals surface area contributed by atoms with Crippen molar-refractivity contribution in [2.24, 2.45) is 5.73 Å². The third-order valence-electron chi connectivity index (χ3n) is 2.86. The van der Waals surface area contributed by atoms with Gasteiger partial charge in [-0.15, -0.1) is 11.3 Å². The van der Waals surface area contributed by atoms with Gasteiger partial charge >= 0.3 is 0 Å². The van der Waals surface area contributed by atoms with E-state index in [4.69, 9.17) is 10.5 Å². The number of nitrogens with two attached hydrogens (primary N) is 1. The Morgan fingerprint density at radius 1 is 1.67 bits per heavy atom. The number of aryl methyl sites for hydroxylation is 1. The van der Waals surface area contributed by atoms with Crippen LogP contribution in [-0.4, -0.2) is 25.3 Å². The van der Waals surface area contributed by atoms with Gasteiger partial charge in [-0.1, -0.05) is 0 Å². The molecular weight excluding hydrogens is 208 g/mol. The van der Waals surface area contributed by atoms with Crippen molar-refractivity contribution in [1.82, 2.24) is 5.32 Å². The van der Waals surface area contributed by atoms with E-state index in [1.807, 2.05) is 0 Å². The Labute approximate surface area is 94.6 Å². The summed E-state index contributed by atoms with van der Waals surface area (Å²) in [6.45, 7) is 5.39. The summed E-state index contributed by atoms with van der Waals surface area (Å²) in [5, 5.41) is 5.54. The van der Waals surface area contributed by atoms with Crippen molar-refractivity contribution in [3.63, 3.8) is 0 Å². The first-order chi connectivity index (χ1) is 7.20. The molecule has 0 bridgehead atoms. The molecule has 2 rings (SSSR count). The Morgan fingerprint density at radius 2 is 2.53 bits per heavy atom. The second-order valence-corrected chi connectivity index (χ2v) is 5.30. The van der Waals surface area contributed by atoms with Gasteiger partial charge in [0, 0.05) is 24.6 Å². The molecular formula is C11H18N2OS. The van der Waals surface area contributed by atoms with Crippen molar-refractivity contribution in [1.29, 1.82) is 0 Å². The first-order valence-electron chi connectivity index (χ1n) is 5.30. The summed E-state index contributed by atoms with van der Waals surface area (Å²) in [5.41, 5.74) is 7.37. The van der Waals surface area contributed by atoms with E-state index in [1.54, 1.807) is 11.3 Å². The number of ether oxygens (including phenoxy) is 1. The smallest absolute Gasteiger partial charge is 0.0659 e. The number of nitrogens with one attached hydrogen (secondary N) is 1. The van der Waals surface area contributed by atoms with Gasteiger partial charge in [0.05, 0.1) is 12.1 Å². The highest BCUT2D eigenvalue weighted by atomic mass is 32.1. The van der Waals surface area contributed by atoms with E-state index in [0.29, 0.717) is 6.61 Å². The minimum atomic E-state index is -0.148. The second-order valence-electron chi connectivity index (χ2n) is 4.30. The van der Waals surface area contributed by atoms with Crippen LogP contribution in [-0.2, 0) is 11.3 Å². The third-order valence-corrected chi connectivity index (χ3v) is 3.89. The van der Waals surface area contributed by atoms with E-state index in [0.717, 1.165) is 26.1 Å². The van der Waals surface area contributed by atoms with Gasteiger partial charge in [-0.25, -0.2) is 0 Å². The number of thiophene rings is 1. The van der Waals surface area contributed by atoms with Crippen LogP contribution in [0.5, 0.6) is 0 Å². The summed E-state index contributed by atoms with van der Waals surface area (Å²) >= 11 is 1.80. The average molecular weight is 226 g/mol. The highest BCUT2D eigenvalue weighted by Crippen LogP contribution is 2.17. The lowest BCUT2D eigenvalue weighted by molar-refractivity contribution is 0.177. The highest BCUT2D eigenvalue weighted by molar-refractivity contribution is 7.10. The molecule has 0 radical (unpaired) electrons. The molecule has 2 heterocycles. The number of rotatable bonds is 4. The van der Waals surface area contributed by atoms with Crippen LogP contribution in [0.2, 0.25) is 0 Å². The molecule has 84 valence electrons. The largest absolute Gasteiger partial charge is 0.379 e. The van der Waals surface area contributed by atoms with E-state index < -0.39 is 0 Å². The second kappa shape index (κ2) is 4.61. The molecule has 0 aliphatic carbocycles. The molecule has 1 aromatic heterocycles. The highest BCUT2D eigenvalue weighted by Gasteiger charge is 2.29. The van der Waals surface area contributed by atoms with Crippen molar-refractivity contribution in [2.75, 3.05) is 19.8 Å². The summed E-state index contributed by atoms with van der Waals surface area (Å²) in [6.07, 6.45) is 0.962. The quantitative estimate of drug-likeness (QED) is 0.812. The van der Waals surface area contributed by atoms with Crippen LogP contribution in [0.25, 0.3) is 0 Å². The van der Waals surface area contributed by atoms with E-state index in [1.165, 1.54) is 10.4 Å². The zero-order valence-corrected chi connectivity index (χ0v) is 9.90. The predicted octanol–water partition coefficient (Wildman–Crippen LogP) is 1.26. The van der Waals surface area contributed by atoms with Crippen LogP contribution in [0.15, 0.2) is 11.4 Å². The average Bonchev–Trinajstić information content (AvgIpc) is 2.78. The monoisotopic (exact) mass is 226 g/mol. The third kappa shape index (κ3) is 2.78. The molecule has 1 saturated heterocycles. The predicted molar refractivity (Wildman–Crippen MR) is 63.1 cm³/mol. The van der Waals surface area contributed by atoms with E-state index in [9.17, 15) is 0 Å². The van der Waals surface area contributed by atoms with Crippen molar-refractivity contribution in [3.8, 4) is 0 Å². The standard InChI is InChI=1S/C11H18N2OS/c1-9-2-5-15-10(9)6-13-7-11(12)3-4-14-8-11/h2,5,13H,3-4,6-8,12H2,1H3. The molecule has 1 unspecified atom stereocenters. The molecule has 1 atom stereocenters. The van der Waals surface area contributed by atoms with Crippen molar-refractivity contribution in [2.45, 2.75) is 25.4 Å². The molecule has 0 spiro atoms. The van der Waals surface area contributed by atoms with Crippen LogP contribution >= 0.6 is 11.3 Å². The van der Waals surface area contributed by atoms with Gasteiger partial charge in [-0.2, -0.15) is 0 Å². The van der Waals surface area contributed by atoms with Crippen LogP contribution < -0.4 is 11.1 Å². The molecule has 1 aromatic rings. The van der Waals surface area contributed by atoms with Crippen LogP contribution in [0.1, 0.15) is 16.9 Å². The van der Waals surface area contributed by atoms with Crippen molar-refractivity contribution < 1.29 is 4.74 Å². The zero-order valence-electron chi connectivity index (χ0n) is 9.08. The van der Waals surface area contributed by atoms with Gasteiger partial charge in [0.25, 0.3) is 0 Å². The topological polar surface area (TPSA) is 47.3 Å². The van der Waals surface area contributed by atoms with Gasteiger partial charge in [0.1, 0.15) is 0 Å². The Kier molecular flexibility index (Phi) is 3.41. The van der Waals surface area contributed by atoms with Gasteiger partial charge in [-0.3, -0.25) is 0 Å². The van der Waals surface area contributed by atoms with Crippen LogP contribution in [0.3, 0.4) is 0 Å². The first kappa shape index (κ1) is 11.1. The summed E-state index contributed by atoms with van der Waals surface area (Å²) in [5.74, 6) is 0. The lowest BCUT2D eigenvalue weighted by Crippen LogP contribution is -2.49. The van der Waals surface area contributed by atoms with E-state index in [2.05, 4.69) is 23.7 Å². The SMILES string of the molecule is Cc1ccsc1CNCC1(N)CCOC1. The molecule has 15 heavy (non-hydrogen) atoms. The normalized spacial score (nSPS) is 26.0. The molecule has 1 aliphatic heterocycles. The fourth-order valence-corrected chi connectivity index (χ4v) is 2.65. The molecule has 1 fully saturated rings. The molecule has 1 aliphatic rings. The maximum absolute atomic E-state index is 6.15. The Morgan fingerprint density at radius 3 is 3.13 bits per heavy atom. The maximum Gasteiger partial charge on any atom is 0.0659 e. The lowest BCUT2D eigenvalue weighted by Gasteiger charge is -2.21. The van der Waals surface area contributed by atoms with Crippen molar-refractivity contribution >= 4 is 11.3 Å². The van der Waals surface area contributed by atoms with E-state index in [-0.39, 0.29) is 5.54 Å². The molecule has 3 nitrogen and oxygen atoms in total. The minimum Gasteiger partial charge on any atom is -0.379 e. The zero-order chi connectivity index (χ0) is 10.7. The molecule has 4 heteroatoms. The maximum atomic E-state index is 6.15. The fourth-order valence-electron chi connectivity index (χ4n) is 1.77. The van der Waals surface area contributed by atoms with E-state index >= 15 is 0 Å². The minimum absolute atomic E-state index is 0.148. The number of hydrogen-bond acceptors (Lipinski definition) is 4. The summed E-state index contributed by atoms with van der Waals surface area (Å²) in [4.78, 5) is 1.40. The molecule has 0 aromatic carbocycles.